The second-order valence-corrected chi connectivity index (χ2v) is 9.04. The molecule has 10 nitrogen and oxygen atoms in total. The number of amides is 1. The first-order chi connectivity index (χ1) is 13.5. The molecule has 0 aromatic carbocycles. The zero-order valence-corrected chi connectivity index (χ0v) is 18.4. The van der Waals surface area contributed by atoms with Gasteiger partial charge in [0.05, 0.1) is 26.7 Å². The summed E-state index contributed by atoms with van der Waals surface area (Å²) in [5, 5.41) is 2.37. The van der Waals surface area contributed by atoms with Gasteiger partial charge in [-0.15, -0.1) is 0 Å². The van der Waals surface area contributed by atoms with Crippen LogP contribution in [0.15, 0.2) is 0 Å². The zero-order valence-electron chi connectivity index (χ0n) is 17.5. The van der Waals surface area contributed by atoms with Gasteiger partial charge < -0.3 is 24.4 Å². The highest BCUT2D eigenvalue weighted by Gasteiger charge is 2.49. The molecule has 0 aliphatic carbocycles. The maximum Gasteiger partial charge on any atom is 0.343 e. The van der Waals surface area contributed by atoms with Gasteiger partial charge in [0.2, 0.25) is 18.8 Å². The summed E-state index contributed by atoms with van der Waals surface area (Å²) in [5.41, 5.74) is -1.95. The third-order valence-corrected chi connectivity index (χ3v) is 6.03. The average Bonchev–Trinajstić information content (AvgIpc) is 2.64. The number of ether oxygens (including phenoxy) is 3. The molecule has 0 fully saturated rings. The first kappa shape index (κ1) is 27.1. The Morgan fingerprint density at radius 2 is 1.52 bits per heavy atom. The Labute approximate surface area is 171 Å². The molecule has 0 heterocycles. The number of rotatable bonds is 14. The van der Waals surface area contributed by atoms with E-state index in [-0.39, 0.29) is 38.4 Å². The number of unbranched alkanes of at least 4 members (excludes halogenated alkanes) is 2. The predicted molar refractivity (Wildman–Crippen MR) is 104 cm³/mol. The molecule has 0 aliphatic heterocycles. The second-order valence-electron chi connectivity index (χ2n) is 6.46. The molecular formula is C18H32NO9P. The van der Waals surface area contributed by atoms with Crippen LogP contribution < -0.4 is 5.32 Å². The molecule has 1 amide bonds. The number of hydrogen-bond donors (Lipinski definition) is 2. The van der Waals surface area contributed by atoms with E-state index in [2.05, 4.69) is 10.1 Å². The summed E-state index contributed by atoms with van der Waals surface area (Å²) in [6, 6.07) is 0. The third kappa shape index (κ3) is 9.89. The summed E-state index contributed by atoms with van der Waals surface area (Å²) in [4.78, 5) is 57.5. The first-order valence-corrected chi connectivity index (χ1v) is 11.6. The molecule has 1 atom stereocenters. The Balaban J connectivity index is 4.94. The smallest absolute Gasteiger partial charge is 0.343 e. The molecule has 0 radical (unpaired) electrons. The summed E-state index contributed by atoms with van der Waals surface area (Å²) in [6.45, 7) is 4.38. The Morgan fingerprint density at radius 3 is 1.97 bits per heavy atom. The van der Waals surface area contributed by atoms with Crippen molar-refractivity contribution in [1.82, 2.24) is 5.32 Å². The highest BCUT2D eigenvalue weighted by molar-refractivity contribution is 7.58. The lowest BCUT2D eigenvalue weighted by atomic mass is 9.91. The molecule has 29 heavy (non-hydrogen) atoms. The molecular weight excluding hydrogens is 405 g/mol. The molecule has 0 saturated heterocycles. The first-order valence-electron chi connectivity index (χ1n) is 9.55. The van der Waals surface area contributed by atoms with Crippen molar-refractivity contribution in [2.45, 2.75) is 58.4 Å². The van der Waals surface area contributed by atoms with Crippen molar-refractivity contribution in [2.75, 3.05) is 32.6 Å². The standard InChI is InChI=1S/C18H32NO9P/c1-5-27-16(22)18(19-14(3)20,17(23)28-6-2)11-8-7-9-12-29(24,25)13-10-15(21)26-4/h5-13H2,1-4H3,(H,19,20)(H,24,25). The van der Waals surface area contributed by atoms with Gasteiger partial charge in [-0.3, -0.25) is 14.2 Å². The van der Waals surface area contributed by atoms with E-state index in [1.807, 2.05) is 0 Å². The molecule has 0 bridgehead atoms. The summed E-state index contributed by atoms with van der Waals surface area (Å²) in [5.74, 6) is -2.95. The fraction of sp³-hybridized carbons (Fsp3) is 0.778. The van der Waals surface area contributed by atoms with Gasteiger partial charge in [0.15, 0.2) is 0 Å². The van der Waals surface area contributed by atoms with E-state index in [1.54, 1.807) is 13.8 Å². The van der Waals surface area contributed by atoms with Crippen LogP contribution in [0.5, 0.6) is 0 Å². The van der Waals surface area contributed by atoms with Gasteiger partial charge in [-0.2, -0.15) is 0 Å². The fourth-order valence-electron chi connectivity index (χ4n) is 2.67. The van der Waals surface area contributed by atoms with Crippen LogP contribution in [0.1, 0.15) is 52.9 Å². The maximum absolute atomic E-state index is 12.5. The van der Waals surface area contributed by atoms with Crippen LogP contribution >= 0.6 is 7.37 Å². The molecule has 11 heteroatoms. The van der Waals surface area contributed by atoms with Crippen LogP contribution in [0, 0.1) is 0 Å². The molecule has 168 valence electrons. The summed E-state index contributed by atoms with van der Waals surface area (Å²) in [7, 11) is -2.27. The Bertz CT molecular complexity index is 602. The number of methoxy groups -OCH3 is 1. The minimum atomic E-state index is -3.48. The molecule has 0 saturated carbocycles. The van der Waals surface area contributed by atoms with Crippen LogP contribution in [-0.4, -0.2) is 66.9 Å². The van der Waals surface area contributed by atoms with E-state index < -0.39 is 36.7 Å². The minimum absolute atomic E-state index is 0.00402. The van der Waals surface area contributed by atoms with E-state index in [0.717, 1.165) is 0 Å². The SMILES string of the molecule is CCOC(=O)C(CCCCCP(=O)(O)CCC(=O)OC)(NC(C)=O)C(=O)OCC. The van der Waals surface area contributed by atoms with Gasteiger partial charge in [-0.05, 0) is 33.1 Å². The summed E-state index contributed by atoms with van der Waals surface area (Å²) in [6.07, 6.45) is 0.690. The van der Waals surface area contributed by atoms with Gasteiger partial charge in [-0.25, -0.2) is 9.59 Å². The minimum Gasteiger partial charge on any atom is -0.469 e. The van der Waals surface area contributed by atoms with Gasteiger partial charge in [-0.1, -0.05) is 6.42 Å². The van der Waals surface area contributed by atoms with Crippen molar-refractivity contribution in [3.63, 3.8) is 0 Å². The molecule has 1 unspecified atom stereocenters. The number of carbonyl (C=O) groups is 4. The van der Waals surface area contributed by atoms with Crippen LogP contribution in [0.3, 0.4) is 0 Å². The van der Waals surface area contributed by atoms with Crippen LogP contribution in [0.25, 0.3) is 0 Å². The molecule has 0 aliphatic rings. The Morgan fingerprint density at radius 1 is 0.966 bits per heavy atom. The van der Waals surface area contributed by atoms with Crippen molar-refractivity contribution in [3.8, 4) is 0 Å². The van der Waals surface area contributed by atoms with E-state index in [9.17, 15) is 28.6 Å². The number of hydrogen-bond acceptors (Lipinski definition) is 8. The second kappa shape index (κ2) is 13.3. The third-order valence-electron chi connectivity index (χ3n) is 4.09. The van der Waals surface area contributed by atoms with Crippen LogP contribution in [0.4, 0.5) is 0 Å². The summed E-state index contributed by atoms with van der Waals surface area (Å²) >= 11 is 0. The number of esters is 3. The van der Waals surface area contributed by atoms with Crippen molar-refractivity contribution >= 4 is 31.2 Å². The molecule has 0 aromatic rings. The Hall–Kier alpha value is -1.93. The summed E-state index contributed by atoms with van der Waals surface area (Å²) < 4.78 is 26.5. The van der Waals surface area contributed by atoms with E-state index in [4.69, 9.17) is 9.47 Å². The molecule has 2 N–H and O–H groups in total. The van der Waals surface area contributed by atoms with Gasteiger partial charge >= 0.3 is 17.9 Å². The zero-order chi connectivity index (χ0) is 22.5. The van der Waals surface area contributed by atoms with Crippen LogP contribution in [0.2, 0.25) is 0 Å². The topological polar surface area (TPSA) is 145 Å². The van der Waals surface area contributed by atoms with Crippen molar-refractivity contribution in [2.24, 2.45) is 0 Å². The van der Waals surface area contributed by atoms with E-state index >= 15 is 0 Å². The van der Waals surface area contributed by atoms with Crippen LogP contribution in [-0.2, 0) is 38.0 Å². The van der Waals surface area contributed by atoms with E-state index in [1.165, 1.54) is 14.0 Å². The van der Waals surface area contributed by atoms with Gasteiger partial charge in [0.25, 0.3) is 0 Å². The molecule has 0 spiro atoms. The van der Waals surface area contributed by atoms with Gasteiger partial charge in [0.1, 0.15) is 0 Å². The van der Waals surface area contributed by atoms with Crippen molar-refractivity contribution in [1.29, 1.82) is 0 Å². The highest BCUT2D eigenvalue weighted by Crippen LogP contribution is 2.42. The lowest BCUT2D eigenvalue weighted by Gasteiger charge is -2.29. The van der Waals surface area contributed by atoms with Crippen molar-refractivity contribution in [3.05, 3.63) is 0 Å². The number of nitrogens with one attached hydrogen (secondary N) is 1. The van der Waals surface area contributed by atoms with Crippen molar-refractivity contribution < 1.29 is 42.8 Å². The lowest BCUT2D eigenvalue weighted by Crippen LogP contribution is -2.61. The quantitative estimate of drug-likeness (QED) is 0.135. The monoisotopic (exact) mass is 437 g/mol. The fourth-order valence-corrected chi connectivity index (χ4v) is 4.14. The average molecular weight is 437 g/mol. The maximum atomic E-state index is 12.5. The normalized spacial score (nSPS) is 13.1. The highest BCUT2D eigenvalue weighted by atomic mass is 31.2. The number of carbonyl (C=O) groups excluding carboxylic acids is 4. The predicted octanol–water partition coefficient (Wildman–Crippen LogP) is 1.38. The van der Waals surface area contributed by atoms with E-state index in [0.29, 0.717) is 19.3 Å². The molecule has 0 aromatic heterocycles. The van der Waals surface area contributed by atoms with Gasteiger partial charge in [0, 0.05) is 19.2 Å². The Kier molecular flexibility index (Phi) is 12.4. The lowest BCUT2D eigenvalue weighted by molar-refractivity contribution is -0.168. The molecule has 0 rings (SSSR count). The largest absolute Gasteiger partial charge is 0.469 e.